The molecule has 2 aliphatic rings. The number of imidazole rings is 1. The van der Waals surface area contributed by atoms with E-state index in [-0.39, 0.29) is 23.2 Å². The molecule has 36 heavy (non-hydrogen) atoms. The van der Waals surface area contributed by atoms with E-state index in [1.807, 2.05) is 0 Å². The summed E-state index contributed by atoms with van der Waals surface area (Å²) in [4.78, 5) is 15.2. The number of nitrogens with two attached hydrogens (primary N) is 1. The maximum atomic E-state index is 14.8. The van der Waals surface area contributed by atoms with Crippen molar-refractivity contribution in [1.29, 1.82) is 0 Å². The van der Waals surface area contributed by atoms with Crippen LogP contribution in [0.1, 0.15) is 25.1 Å². The minimum absolute atomic E-state index is 0.131. The summed E-state index contributed by atoms with van der Waals surface area (Å²) in [6.07, 6.45) is -0.855. The first-order valence-corrected chi connectivity index (χ1v) is 11.9. The van der Waals surface area contributed by atoms with Gasteiger partial charge in [0.15, 0.2) is 11.5 Å². The largest absolute Gasteiger partial charge is 0.406 e. The van der Waals surface area contributed by atoms with Gasteiger partial charge in [-0.3, -0.25) is 4.90 Å². The lowest BCUT2D eigenvalue weighted by Crippen LogP contribution is -2.48. The number of hydrogen-bond donors (Lipinski definition) is 2. The third-order valence-corrected chi connectivity index (χ3v) is 6.89. The molecule has 2 atom stereocenters. The van der Waals surface area contributed by atoms with Gasteiger partial charge in [-0.05, 0) is 44.4 Å². The number of pyridine rings is 1. The first kappa shape index (κ1) is 23.0. The van der Waals surface area contributed by atoms with Crippen LogP contribution in [0.25, 0.3) is 27.9 Å². The Kier molecular flexibility index (Phi) is 5.28. The summed E-state index contributed by atoms with van der Waals surface area (Å²) in [5.41, 5.74) is 8.22. The van der Waals surface area contributed by atoms with Crippen molar-refractivity contribution in [2.75, 3.05) is 24.1 Å². The van der Waals surface area contributed by atoms with Crippen molar-refractivity contribution in [1.82, 2.24) is 34.0 Å². The highest BCUT2D eigenvalue weighted by Gasteiger charge is 2.37. The monoisotopic (exact) mass is 503 g/mol. The molecule has 1 aliphatic carbocycles. The number of likely N-dealkylation sites (tertiary alicyclic amines) is 1. The maximum Gasteiger partial charge on any atom is 0.406 e. The molecule has 3 N–H and O–H groups in total. The molecule has 6 rings (SSSR count). The van der Waals surface area contributed by atoms with E-state index >= 15 is 0 Å². The van der Waals surface area contributed by atoms with E-state index < -0.39 is 24.9 Å². The number of rotatable bonds is 5. The Labute approximate surface area is 203 Å². The van der Waals surface area contributed by atoms with Gasteiger partial charge in [-0.1, -0.05) is 0 Å². The van der Waals surface area contributed by atoms with E-state index in [1.165, 1.54) is 11.4 Å². The Morgan fingerprint density at radius 3 is 2.64 bits per heavy atom. The number of hydrogen-bond acceptors (Lipinski definition) is 7. The summed E-state index contributed by atoms with van der Waals surface area (Å²) in [5.74, 6) is 0.596. The lowest BCUT2D eigenvalue weighted by molar-refractivity contribution is -0.140. The average Bonchev–Trinajstić information content (AvgIpc) is 3.50. The number of aryl methyl sites for hydroxylation is 1. The van der Waals surface area contributed by atoms with Crippen molar-refractivity contribution < 1.29 is 17.6 Å². The van der Waals surface area contributed by atoms with Crippen molar-refractivity contribution in [2.45, 2.75) is 57.2 Å². The number of fused-ring (bicyclic) bond motifs is 2. The number of nitrogen functional groups attached to an aromatic ring is 1. The Morgan fingerprint density at radius 1 is 1.11 bits per heavy atom. The third-order valence-electron chi connectivity index (χ3n) is 6.89. The maximum absolute atomic E-state index is 14.8. The molecule has 0 amide bonds. The van der Waals surface area contributed by atoms with Crippen LogP contribution >= 0.6 is 0 Å². The molecule has 1 saturated carbocycles. The predicted molar refractivity (Wildman–Crippen MR) is 126 cm³/mol. The molecule has 13 heteroatoms. The Bertz CT molecular complexity index is 1440. The molecule has 4 aromatic heterocycles. The Morgan fingerprint density at radius 2 is 1.92 bits per heavy atom. The van der Waals surface area contributed by atoms with Crippen LogP contribution in [0.15, 0.2) is 24.4 Å². The molecule has 0 radical (unpaired) electrons. The molecule has 0 bridgehead atoms. The van der Waals surface area contributed by atoms with Crippen LogP contribution in [0.2, 0.25) is 0 Å². The molecule has 1 aliphatic heterocycles. The van der Waals surface area contributed by atoms with Gasteiger partial charge in [-0.15, -0.1) is 5.10 Å². The second kappa shape index (κ2) is 8.29. The molecule has 0 spiro atoms. The summed E-state index contributed by atoms with van der Waals surface area (Å²) in [5, 5.41) is 7.54. The zero-order valence-electron chi connectivity index (χ0n) is 19.5. The lowest BCUT2D eigenvalue weighted by Gasteiger charge is -2.35. The van der Waals surface area contributed by atoms with Crippen LogP contribution in [0.4, 0.5) is 29.3 Å². The van der Waals surface area contributed by atoms with Gasteiger partial charge in [0.1, 0.15) is 29.6 Å². The number of nitrogens with zero attached hydrogens (tertiary/aromatic N) is 7. The normalized spacial score (nSPS) is 21.5. The first-order valence-electron chi connectivity index (χ1n) is 11.9. The molecule has 5 heterocycles. The minimum Gasteiger partial charge on any atom is -0.382 e. The predicted octanol–water partition coefficient (Wildman–Crippen LogP) is 3.58. The highest BCUT2D eigenvalue weighted by atomic mass is 19.4. The molecule has 190 valence electrons. The third kappa shape index (κ3) is 4.21. The lowest BCUT2D eigenvalue weighted by atomic mass is 10.0. The minimum atomic E-state index is -4.41. The Balaban J connectivity index is 1.30. The van der Waals surface area contributed by atoms with Gasteiger partial charge < -0.3 is 15.6 Å². The second-order valence-electron chi connectivity index (χ2n) is 9.52. The number of alkyl halides is 4. The van der Waals surface area contributed by atoms with Crippen molar-refractivity contribution >= 4 is 28.4 Å². The topological polar surface area (TPSA) is 102 Å². The van der Waals surface area contributed by atoms with Crippen LogP contribution in [0, 0.1) is 6.92 Å². The van der Waals surface area contributed by atoms with Gasteiger partial charge in [-0.2, -0.15) is 18.2 Å². The molecule has 4 aromatic rings. The average molecular weight is 504 g/mol. The number of anilines is 2. The van der Waals surface area contributed by atoms with Gasteiger partial charge in [0, 0.05) is 30.9 Å². The van der Waals surface area contributed by atoms with Gasteiger partial charge >= 0.3 is 6.18 Å². The zero-order chi connectivity index (χ0) is 25.2. The van der Waals surface area contributed by atoms with Crippen molar-refractivity contribution in [2.24, 2.45) is 0 Å². The number of nitrogens with one attached hydrogen (secondary N) is 1. The zero-order valence-corrected chi connectivity index (χ0v) is 19.5. The van der Waals surface area contributed by atoms with Crippen LogP contribution in [0.5, 0.6) is 0 Å². The van der Waals surface area contributed by atoms with Crippen LogP contribution < -0.4 is 11.1 Å². The molecule has 1 saturated heterocycles. The Hall–Kier alpha value is -3.48. The van der Waals surface area contributed by atoms with Crippen molar-refractivity contribution in [3.63, 3.8) is 0 Å². The second-order valence-corrected chi connectivity index (χ2v) is 9.52. The summed E-state index contributed by atoms with van der Waals surface area (Å²) < 4.78 is 56.7. The fraction of sp³-hybridized carbons (Fsp3) is 0.478. The van der Waals surface area contributed by atoms with E-state index in [2.05, 4.69) is 30.3 Å². The summed E-state index contributed by atoms with van der Waals surface area (Å²) >= 11 is 0. The number of piperidine rings is 1. The summed E-state index contributed by atoms with van der Waals surface area (Å²) in [6, 6.07) is 5.14. The van der Waals surface area contributed by atoms with E-state index in [0.717, 1.165) is 24.0 Å². The van der Waals surface area contributed by atoms with Crippen molar-refractivity contribution in [3.05, 3.63) is 30.2 Å². The smallest absolute Gasteiger partial charge is 0.382 e. The van der Waals surface area contributed by atoms with Gasteiger partial charge in [0.25, 0.3) is 0 Å². The SMILES string of the molecule is Cc1nc2ccc(-c3ccn4nc(NC5CCN(C6CC6)CC5F)nc(N)c34)nc2n1CC(F)(F)F. The van der Waals surface area contributed by atoms with Crippen LogP contribution in [-0.2, 0) is 6.54 Å². The van der Waals surface area contributed by atoms with E-state index in [9.17, 15) is 17.6 Å². The first-order chi connectivity index (χ1) is 17.2. The van der Waals surface area contributed by atoms with E-state index in [0.29, 0.717) is 41.3 Å². The summed E-state index contributed by atoms with van der Waals surface area (Å²) in [6.45, 7) is 1.55. The summed E-state index contributed by atoms with van der Waals surface area (Å²) in [7, 11) is 0. The molecule has 0 aromatic carbocycles. The molecular formula is C23H25F4N9. The van der Waals surface area contributed by atoms with Gasteiger partial charge in [0.05, 0.1) is 11.7 Å². The molecule has 2 unspecified atom stereocenters. The van der Waals surface area contributed by atoms with E-state index in [1.54, 1.807) is 24.4 Å². The standard InChI is InChI=1S/C23H25F4N9/c1-12-29-18-5-4-16(30-21(18)35(12)11-23(25,26)27)14-6-9-36-19(14)20(28)32-22(33-36)31-17-7-8-34(10-15(17)24)13-2-3-13/h4-6,9,13,15,17H,2-3,7-8,10-11H2,1H3,(H3,28,31,32,33). The fourth-order valence-electron chi connectivity index (χ4n) is 4.98. The van der Waals surface area contributed by atoms with Crippen LogP contribution in [0.3, 0.4) is 0 Å². The molecule has 2 fully saturated rings. The van der Waals surface area contributed by atoms with Gasteiger partial charge in [0.2, 0.25) is 5.95 Å². The number of aromatic nitrogens is 6. The van der Waals surface area contributed by atoms with E-state index in [4.69, 9.17) is 5.73 Å². The highest BCUT2D eigenvalue weighted by Crippen LogP contribution is 2.32. The molecular weight excluding hydrogens is 478 g/mol. The van der Waals surface area contributed by atoms with Gasteiger partial charge in [-0.25, -0.2) is 18.9 Å². The molecule has 9 nitrogen and oxygen atoms in total. The highest BCUT2D eigenvalue weighted by molar-refractivity contribution is 5.88. The quantitative estimate of drug-likeness (QED) is 0.402. The fourth-order valence-corrected chi connectivity index (χ4v) is 4.98. The number of halogens is 4. The van der Waals surface area contributed by atoms with Crippen molar-refractivity contribution in [3.8, 4) is 11.3 Å². The van der Waals surface area contributed by atoms with Crippen LogP contribution in [-0.4, -0.2) is 71.6 Å².